The summed E-state index contributed by atoms with van der Waals surface area (Å²) in [5.74, 6) is -0.286. The zero-order chi connectivity index (χ0) is 14.5. The highest BCUT2D eigenvalue weighted by Crippen LogP contribution is 2.21. The van der Waals surface area contributed by atoms with E-state index in [4.69, 9.17) is 4.74 Å². The number of carbonyl (C=O) groups is 1. The van der Waals surface area contributed by atoms with Crippen LogP contribution in [0.15, 0.2) is 42.5 Å². The SMILES string of the molecule is COc1cccc(CC(=O)Cc2ccccc2C)c1F. The number of aryl methyl sites for hydroxylation is 1. The number of hydrogen-bond acceptors (Lipinski definition) is 2. The Bertz CT molecular complexity index is 620. The van der Waals surface area contributed by atoms with E-state index in [0.29, 0.717) is 12.0 Å². The van der Waals surface area contributed by atoms with E-state index in [-0.39, 0.29) is 18.0 Å². The zero-order valence-corrected chi connectivity index (χ0v) is 11.7. The van der Waals surface area contributed by atoms with Gasteiger partial charge in [0, 0.05) is 12.8 Å². The van der Waals surface area contributed by atoms with Crippen LogP contribution in [0.25, 0.3) is 0 Å². The summed E-state index contributed by atoms with van der Waals surface area (Å²) in [5, 5.41) is 0. The molecule has 0 aromatic heterocycles. The van der Waals surface area contributed by atoms with E-state index in [9.17, 15) is 9.18 Å². The molecule has 2 rings (SSSR count). The molecule has 3 heteroatoms. The Morgan fingerprint density at radius 2 is 1.70 bits per heavy atom. The number of halogens is 1. The summed E-state index contributed by atoms with van der Waals surface area (Å²) in [6.07, 6.45) is 0.403. The fourth-order valence-electron chi connectivity index (χ4n) is 2.15. The maximum atomic E-state index is 14.0. The molecular weight excluding hydrogens is 255 g/mol. The van der Waals surface area contributed by atoms with E-state index < -0.39 is 5.82 Å². The lowest BCUT2D eigenvalue weighted by molar-refractivity contribution is -0.117. The Balaban J connectivity index is 2.11. The minimum atomic E-state index is -0.451. The molecule has 0 radical (unpaired) electrons. The van der Waals surface area contributed by atoms with Gasteiger partial charge in [-0.15, -0.1) is 0 Å². The number of hydrogen-bond donors (Lipinski definition) is 0. The molecule has 0 fully saturated rings. The highest BCUT2D eigenvalue weighted by Gasteiger charge is 2.13. The molecule has 0 spiro atoms. The Kier molecular flexibility index (Phi) is 4.51. The molecule has 0 bridgehead atoms. The molecule has 2 aromatic rings. The molecular formula is C17H17FO2. The predicted molar refractivity (Wildman–Crippen MR) is 76.5 cm³/mol. The first-order valence-corrected chi connectivity index (χ1v) is 6.49. The third-order valence-electron chi connectivity index (χ3n) is 3.30. The molecule has 104 valence electrons. The quantitative estimate of drug-likeness (QED) is 0.832. The van der Waals surface area contributed by atoms with Gasteiger partial charge >= 0.3 is 0 Å². The summed E-state index contributed by atoms with van der Waals surface area (Å²) in [6.45, 7) is 1.97. The van der Waals surface area contributed by atoms with Gasteiger partial charge < -0.3 is 4.74 Å². The molecule has 0 saturated heterocycles. The average Bonchev–Trinajstić information content (AvgIpc) is 2.44. The van der Waals surface area contributed by atoms with Crippen LogP contribution in [0.2, 0.25) is 0 Å². The van der Waals surface area contributed by atoms with Crippen LogP contribution in [0.4, 0.5) is 4.39 Å². The lowest BCUT2D eigenvalue weighted by atomic mass is 9.99. The Morgan fingerprint density at radius 1 is 1.05 bits per heavy atom. The van der Waals surface area contributed by atoms with Crippen LogP contribution in [-0.2, 0) is 17.6 Å². The van der Waals surface area contributed by atoms with E-state index in [1.807, 2.05) is 31.2 Å². The van der Waals surface area contributed by atoms with Crippen LogP contribution >= 0.6 is 0 Å². The van der Waals surface area contributed by atoms with Gasteiger partial charge in [0.15, 0.2) is 11.6 Å². The second-order valence-corrected chi connectivity index (χ2v) is 4.75. The minimum absolute atomic E-state index is 0.00791. The molecule has 0 aliphatic heterocycles. The van der Waals surface area contributed by atoms with Gasteiger partial charge in [-0.2, -0.15) is 0 Å². The molecule has 0 saturated carbocycles. The number of carbonyl (C=O) groups excluding carboxylic acids is 1. The number of ether oxygens (including phenoxy) is 1. The first kappa shape index (κ1) is 14.3. The van der Waals surface area contributed by atoms with Crippen LogP contribution in [0.5, 0.6) is 5.75 Å². The van der Waals surface area contributed by atoms with Gasteiger partial charge in [0.05, 0.1) is 7.11 Å². The molecule has 0 amide bonds. The van der Waals surface area contributed by atoms with Crippen molar-refractivity contribution < 1.29 is 13.9 Å². The molecule has 0 aliphatic carbocycles. The maximum absolute atomic E-state index is 14.0. The second kappa shape index (κ2) is 6.33. The van der Waals surface area contributed by atoms with Gasteiger partial charge in [0.1, 0.15) is 5.78 Å². The number of benzene rings is 2. The number of methoxy groups -OCH3 is 1. The zero-order valence-electron chi connectivity index (χ0n) is 11.7. The summed E-state index contributed by atoms with van der Waals surface area (Å²) < 4.78 is 18.9. The Labute approximate surface area is 118 Å². The molecule has 0 N–H and O–H groups in total. The fraction of sp³-hybridized carbons (Fsp3) is 0.235. The Morgan fingerprint density at radius 3 is 2.40 bits per heavy atom. The summed E-state index contributed by atoms with van der Waals surface area (Å²) in [4.78, 5) is 12.1. The van der Waals surface area contributed by atoms with Crippen LogP contribution in [0.3, 0.4) is 0 Å². The van der Waals surface area contributed by atoms with Crippen LogP contribution in [-0.4, -0.2) is 12.9 Å². The molecule has 20 heavy (non-hydrogen) atoms. The lowest BCUT2D eigenvalue weighted by Crippen LogP contribution is -2.09. The Hall–Kier alpha value is -2.16. The monoisotopic (exact) mass is 272 g/mol. The molecule has 0 unspecified atom stereocenters. The molecule has 2 aromatic carbocycles. The van der Waals surface area contributed by atoms with Crippen LogP contribution in [0.1, 0.15) is 16.7 Å². The summed E-state index contributed by atoms with van der Waals surface area (Å²) in [6, 6.07) is 12.6. The fourth-order valence-corrected chi connectivity index (χ4v) is 2.15. The smallest absolute Gasteiger partial charge is 0.168 e. The van der Waals surface area contributed by atoms with Crippen molar-refractivity contribution in [2.24, 2.45) is 0 Å². The molecule has 0 heterocycles. The van der Waals surface area contributed by atoms with Crippen molar-refractivity contribution in [1.29, 1.82) is 0 Å². The first-order chi connectivity index (χ1) is 9.61. The van der Waals surface area contributed by atoms with Crippen molar-refractivity contribution in [1.82, 2.24) is 0 Å². The van der Waals surface area contributed by atoms with E-state index in [2.05, 4.69) is 0 Å². The molecule has 0 atom stereocenters. The third kappa shape index (κ3) is 3.23. The van der Waals surface area contributed by atoms with E-state index >= 15 is 0 Å². The van der Waals surface area contributed by atoms with Crippen molar-refractivity contribution >= 4 is 5.78 Å². The van der Waals surface area contributed by atoms with Gasteiger partial charge in [0.2, 0.25) is 0 Å². The number of Topliss-reactive ketones (excluding diaryl/α,β-unsaturated/α-hetero) is 1. The highest BCUT2D eigenvalue weighted by molar-refractivity contribution is 5.83. The van der Waals surface area contributed by atoms with Crippen LogP contribution in [0, 0.1) is 12.7 Å². The van der Waals surface area contributed by atoms with E-state index in [1.54, 1.807) is 18.2 Å². The first-order valence-electron chi connectivity index (χ1n) is 6.49. The van der Waals surface area contributed by atoms with E-state index in [0.717, 1.165) is 11.1 Å². The van der Waals surface area contributed by atoms with Gasteiger partial charge in [-0.1, -0.05) is 36.4 Å². The maximum Gasteiger partial charge on any atom is 0.168 e. The lowest BCUT2D eigenvalue weighted by Gasteiger charge is -2.08. The van der Waals surface area contributed by atoms with Crippen LogP contribution < -0.4 is 4.74 Å². The summed E-state index contributed by atoms with van der Waals surface area (Å²) in [5.41, 5.74) is 2.44. The normalized spacial score (nSPS) is 10.3. The average molecular weight is 272 g/mol. The molecule has 2 nitrogen and oxygen atoms in total. The topological polar surface area (TPSA) is 26.3 Å². The minimum Gasteiger partial charge on any atom is -0.494 e. The van der Waals surface area contributed by atoms with Crippen molar-refractivity contribution in [3.63, 3.8) is 0 Å². The van der Waals surface area contributed by atoms with Crippen molar-refractivity contribution in [2.45, 2.75) is 19.8 Å². The van der Waals surface area contributed by atoms with Crippen molar-refractivity contribution in [2.75, 3.05) is 7.11 Å². The largest absolute Gasteiger partial charge is 0.494 e. The number of rotatable bonds is 5. The van der Waals surface area contributed by atoms with Gasteiger partial charge in [-0.3, -0.25) is 4.79 Å². The van der Waals surface area contributed by atoms with Crippen molar-refractivity contribution in [3.8, 4) is 5.75 Å². The summed E-state index contributed by atoms with van der Waals surface area (Å²) in [7, 11) is 1.41. The van der Waals surface area contributed by atoms with Gasteiger partial charge in [0.25, 0.3) is 0 Å². The second-order valence-electron chi connectivity index (χ2n) is 4.75. The van der Waals surface area contributed by atoms with Crippen molar-refractivity contribution in [3.05, 3.63) is 65.0 Å². The highest BCUT2D eigenvalue weighted by atomic mass is 19.1. The standard InChI is InChI=1S/C17H17FO2/c1-12-6-3-4-7-13(12)10-15(19)11-14-8-5-9-16(20-2)17(14)18/h3-9H,10-11H2,1-2H3. The van der Waals surface area contributed by atoms with Gasteiger partial charge in [-0.05, 0) is 29.7 Å². The van der Waals surface area contributed by atoms with Gasteiger partial charge in [-0.25, -0.2) is 4.39 Å². The summed E-state index contributed by atoms with van der Waals surface area (Å²) >= 11 is 0. The number of ketones is 1. The van der Waals surface area contributed by atoms with E-state index in [1.165, 1.54) is 7.11 Å². The molecule has 0 aliphatic rings. The third-order valence-corrected chi connectivity index (χ3v) is 3.30. The predicted octanol–water partition coefficient (Wildman–Crippen LogP) is 3.50.